The summed E-state index contributed by atoms with van der Waals surface area (Å²) >= 11 is 0. The van der Waals surface area contributed by atoms with E-state index in [1.54, 1.807) is 12.4 Å². The van der Waals surface area contributed by atoms with Gasteiger partial charge in [-0.1, -0.05) is 43.7 Å². The number of carbonyl (C=O) groups excluding carboxylic acids is 2. The predicted octanol–water partition coefficient (Wildman–Crippen LogP) is 1.63. The second kappa shape index (κ2) is 11.1. The SMILES string of the molecule is CCC[C@H](NC(=O)Cc1ccccc1)C(=O)N[C@H](CO)Cc1ccncc1. The van der Waals surface area contributed by atoms with Gasteiger partial charge in [-0.15, -0.1) is 0 Å². The lowest BCUT2D eigenvalue weighted by Crippen LogP contribution is -2.51. The standard InChI is InChI=1S/C21H27N3O3/c1-2-6-19(24-20(26)14-16-7-4-3-5-8-16)21(27)23-18(15-25)13-17-9-11-22-12-10-17/h3-5,7-12,18-19,25H,2,6,13-15H2,1H3,(H,23,27)(H,24,26)/t18-,19-/m0/s1. The number of aromatic nitrogens is 1. The van der Waals surface area contributed by atoms with Crippen molar-refractivity contribution in [2.24, 2.45) is 0 Å². The predicted molar refractivity (Wildman–Crippen MR) is 104 cm³/mol. The fourth-order valence-corrected chi connectivity index (χ4v) is 2.85. The molecule has 0 aliphatic rings. The first-order valence-electron chi connectivity index (χ1n) is 9.25. The summed E-state index contributed by atoms with van der Waals surface area (Å²) in [4.78, 5) is 28.9. The van der Waals surface area contributed by atoms with Crippen LogP contribution in [0.5, 0.6) is 0 Å². The van der Waals surface area contributed by atoms with Gasteiger partial charge in [0.15, 0.2) is 0 Å². The van der Waals surface area contributed by atoms with Gasteiger partial charge >= 0.3 is 0 Å². The molecule has 0 saturated heterocycles. The Labute approximate surface area is 160 Å². The van der Waals surface area contributed by atoms with Gasteiger partial charge in [0.2, 0.25) is 11.8 Å². The quantitative estimate of drug-likeness (QED) is 0.594. The number of carbonyl (C=O) groups is 2. The van der Waals surface area contributed by atoms with Crippen molar-refractivity contribution < 1.29 is 14.7 Å². The Morgan fingerprint density at radius 3 is 2.37 bits per heavy atom. The van der Waals surface area contributed by atoms with Crippen LogP contribution in [0.3, 0.4) is 0 Å². The Bertz CT molecular complexity index is 707. The fourth-order valence-electron chi connectivity index (χ4n) is 2.85. The smallest absolute Gasteiger partial charge is 0.242 e. The molecular formula is C21H27N3O3. The first-order valence-corrected chi connectivity index (χ1v) is 9.25. The van der Waals surface area contributed by atoms with Gasteiger partial charge in [-0.2, -0.15) is 0 Å². The van der Waals surface area contributed by atoms with Crippen LogP contribution < -0.4 is 10.6 Å². The number of hydrogen-bond donors (Lipinski definition) is 3. The van der Waals surface area contributed by atoms with Crippen molar-refractivity contribution in [3.05, 3.63) is 66.0 Å². The van der Waals surface area contributed by atoms with E-state index in [0.717, 1.165) is 17.5 Å². The highest BCUT2D eigenvalue weighted by atomic mass is 16.3. The highest BCUT2D eigenvalue weighted by Gasteiger charge is 2.22. The van der Waals surface area contributed by atoms with Crippen molar-refractivity contribution in [2.75, 3.05) is 6.61 Å². The number of amides is 2. The monoisotopic (exact) mass is 369 g/mol. The third kappa shape index (κ3) is 7.19. The largest absolute Gasteiger partial charge is 0.394 e. The zero-order valence-corrected chi connectivity index (χ0v) is 15.6. The summed E-state index contributed by atoms with van der Waals surface area (Å²) in [7, 11) is 0. The van der Waals surface area contributed by atoms with Crippen molar-refractivity contribution in [3.8, 4) is 0 Å². The summed E-state index contributed by atoms with van der Waals surface area (Å²) in [5.41, 5.74) is 1.88. The maximum absolute atomic E-state index is 12.6. The molecule has 27 heavy (non-hydrogen) atoms. The van der Waals surface area contributed by atoms with Gasteiger partial charge in [0, 0.05) is 12.4 Å². The van der Waals surface area contributed by atoms with Gasteiger partial charge in [0.1, 0.15) is 6.04 Å². The van der Waals surface area contributed by atoms with Crippen LogP contribution in [0.4, 0.5) is 0 Å². The Kier molecular flexibility index (Phi) is 8.45. The van der Waals surface area contributed by atoms with Gasteiger partial charge in [-0.3, -0.25) is 14.6 Å². The van der Waals surface area contributed by atoms with E-state index in [1.807, 2.05) is 49.4 Å². The molecule has 0 aliphatic heterocycles. The van der Waals surface area contributed by atoms with E-state index in [1.165, 1.54) is 0 Å². The van der Waals surface area contributed by atoms with Crippen molar-refractivity contribution in [3.63, 3.8) is 0 Å². The second-order valence-corrected chi connectivity index (χ2v) is 6.52. The third-order valence-electron chi connectivity index (χ3n) is 4.23. The van der Waals surface area contributed by atoms with Crippen molar-refractivity contribution in [1.29, 1.82) is 0 Å². The first kappa shape index (κ1) is 20.6. The Hall–Kier alpha value is -2.73. The van der Waals surface area contributed by atoms with Gasteiger partial charge in [-0.25, -0.2) is 0 Å². The molecule has 0 spiro atoms. The molecule has 0 saturated carbocycles. The molecule has 0 unspecified atom stereocenters. The summed E-state index contributed by atoms with van der Waals surface area (Å²) in [5, 5.41) is 15.3. The maximum atomic E-state index is 12.6. The van der Waals surface area contributed by atoms with E-state index in [-0.39, 0.29) is 24.8 Å². The molecule has 1 aromatic heterocycles. The molecule has 6 heteroatoms. The number of hydrogen-bond acceptors (Lipinski definition) is 4. The molecule has 2 aromatic rings. The molecule has 2 atom stereocenters. The summed E-state index contributed by atoms with van der Waals surface area (Å²) in [6.07, 6.45) is 5.39. The van der Waals surface area contributed by atoms with Crippen molar-refractivity contribution in [1.82, 2.24) is 15.6 Å². The zero-order valence-electron chi connectivity index (χ0n) is 15.6. The molecule has 2 amide bonds. The third-order valence-corrected chi connectivity index (χ3v) is 4.23. The topological polar surface area (TPSA) is 91.3 Å². The van der Waals surface area contributed by atoms with Crippen molar-refractivity contribution in [2.45, 2.75) is 44.7 Å². The molecule has 1 aromatic carbocycles. The minimum atomic E-state index is -0.613. The molecule has 0 bridgehead atoms. The van der Waals surface area contributed by atoms with Crippen LogP contribution in [0, 0.1) is 0 Å². The van der Waals surface area contributed by atoms with Crippen LogP contribution in [-0.2, 0) is 22.4 Å². The fraction of sp³-hybridized carbons (Fsp3) is 0.381. The van der Waals surface area contributed by atoms with Gasteiger partial charge < -0.3 is 15.7 Å². The summed E-state index contributed by atoms with van der Waals surface area (Å²) in [6, 6.07) is 12.1. The molecule has 6 nitrogen and oxygen atoms in total. The molecule has 2 rings (SSSR count). The number of nitrogens with zero attached hydrogens (tertiary/aromatic N) is 1. The average molecular weight is 369 g/mol. The van der Waals surface area contributed by atoms with Crippen molar-refractivity contribution >= 4 is 11.8 Å². The summed E-state index contributed by atoms with van der Waals surface area (Å²) in [5.74, 6) is -0.462. The van der Waals surface area contributed by atoms with E-state index in [4.69, 9.17) is 0 Å². The Morgan fingerprint density at radius 2 is 1.74 bits per heavy atom. The van der Waals surface area contributed by atoms with E-state index in [9.17, 15) is 14.7 Å². The minimum absolute atomic E-state index is 0.176. The van der Waals surface area contributed by atoms with E-state index >= 15 is 0 Å². The lowest BCUT2D eigenvalue weighted by molar-refractivity contribution is -0.129. The number of aliphatic hydroxyl groups is 1. The van der Waals surface area contributed by atoms with Crippen LogP contribution in [0.25, 0.3) is 0 Å². The molecule has 3 N–H and O–H groups in total. The summed E-state index contributed by atoms with van der Waals surface area (Å²) < 4.78 is 0. The number of pyridine rings is 1. The number of rotatable bonds is 10. The highest BCUT2D eigenvalue weighted by molar-refractivity contribution is 5.88. The van der Waals surface area contributed by atoms with Crippen LogP contribution in [0.15, 0.2) is 54.9 Å². The Balaban J connectivity index is 1.93. The molecule has 0 radical (unpaired) electrons. The molecule has 0 fully saturated rings. The number of aliphatic hydroxyl groups excluding tert-OH is 1. The normalized spacial score (nSPS) is 12.8. The first-order chi connectivity index (χ1) is 13.1. The maximum Gasteiger partial charge on any atom is 0.242 e. The Morgan fingerprint density at radius 1 is 1.04 bits per heavy atom. The molecule has 1 heterocycles. The lowest BCUT2D eigenvalue weighted by atomic mass is 10.1. The lowest BCUT2D eigenvalue weighted by Gasteiger charge is -2.22. The van der Waals surface area contributed by atoms with Gasteiger partial charge in [0.05, 0.1) is 19.1 Å². The average Bonchev–Trinajstić information content (AvgIpc) is 2.68. The molecule has 144 valence electrons. The van der Waals surface area contributed by atoms with Crippen LogP contribution in [0.1, 0.15) is 30.9 Å². The van der Waals surface area contributed by atoms with Crippen LogP contribution >= 0.6 is 0 Å². The van der Waals surface area contributed by atoms with E-state index in [2.05, 4.69) is 15.6 Å². The second-order valence-electron chi connectivity index (χ2n) is 6.52. The number of benzene rings is 1. The van der Waals surface area contributed by atoms with E-state index < -0.39 is 12.1 Å². The van der Waals surface area contributed by atoms with Crippen LogP contribution in [-0.4, -0.2) is 40.6 Å². The van der Waals surface area contributed by atoms with E-state index in [0.29, 0.717) is 12.8 Å². The molecule has 0 aliphatic carbocycles. The molecular weight excluding hydrogens is 342 g/mol. The minimum Gasteiger partial charge on any atom is -0.394 e. The zero-order chi connectivity index (χ0) is 19.5. The summed E-state index contributed by atoms with van der Waals surface area (Å²) in [6.45, 7) is 1.79. The number of nitrogens with one attached hydrogen (secondary N) is 2. The van der Waals surface area contributed by atoms with Gasteiger partial charge in [-0.05, 0) is 36.1 Å². The van der Waals surface area contributed by atoms with Crippen LogP contribution in [0.2, 0.25) is 0 Å². The van der Waals surface area contributed by atoms with Gasteiger partial charge in [0.25, 0.3) is 0 Å². The highest BCUT2D eigenvalue weighted by Crippen LogP contribution is 2.05.